The van der Waals surface area contributed by atoms with E-state index in [1.807, 2.05) is 18.5 Å². The van der Waals surface area contributed by atoms with Gasteiger partial charge in [-0.3, -0.25) is 5.32 Å². The van der Waals surface area contributed by atoms with Gasteiger partial charge in [0, 0.05) is 12.3 Å². The van der Waals surface area contributed by atoms with E-state index in [1.54, 1.807) is 11.8 Å². The topological polar surface area (TPSA) is 66.5 Å². The molecule has 0 radical (unpaired) electrons. The maximum absolute atomic E-state index is 9.56. The number of nitrogens with one attached hydrogen (secondary N) is 1. The second-order valence-electron chi connectivity index (χ2n) is 5.55. The minimum atomic E-state index is -0.348. The summed E-state index contributed by atoms with van der Waals surface area (Å²) in [6.45, 7) is 5.00. The van der Waals surface area contributed by atoms with Gasteiger partial charge in [0.25, 0.3) is 0 Å². The van der Waals surface area contributed by atoms with Crippen molar-refractivity contribution in [3.63, 3.8) is 0 Å². The molecule has 2 unspecified atom stereocenters. The summed E-state index contributed by atoms with van der Waals surface area (Å²) < 4.78 is 2.02. The van der Waals surface area contributed by atoms with Crippen molar-refractivity contribution < 1.29 is 0 Å². The zero-order valence-corrected chi connectivity index (χ0v) is 13.3. The lowest BCUT2D eigenvalue weighted by atomic mass is 9.82. The highest BCUT2D eigenvalue weighted by Gasteiger charge is 2.36. The fourth-order valence-electron chi connectivity index (χ4n) is 2.63. The zero-order valence-electron chi connectivity index (χ0n) is 12.5. The van der Waals surface area contributed by atoms with Crippen molar-refractivity contribution in [1.29, 1.82) is 5.26 Å². The lowest BCUT2D eigenvalue weighted by Crippen LogP contribution is -2.48. The van der Waals surface area contributed by atoms with Crippen LogP contribution in [0, 0.1) is 18.3 Å². The van der Waals surface area contributed by atoms with Crippen LogP contribution in [0.25, 0.3) is 0 Å². The summed E-state index contributed by atoms with van der Waals surface area (Å²) in [4.78, 5) is 0. The number of rotatable bonds is 5. The first-order valence-electron chi connectivity index (χ1n) is 7.29. The van der Waals surface area contributed by atoms with Gasteiger partial charge >= 0.3 is 0 Å². The molecule has 2 atom stereocenters. The molecule has 0 amide bonds. The van der Waals surface area contributed by atoms with Crippen LogP contribution in [-0.4, -0.2) is 32.1 Å². The summed E-state index contributed by atoms with van der Waals surface area (Å²) in [5.74, 6) is 0.930. The summed E-state index contributed by atoms with van der Waals surface area (Å²) >= 11 is 1.76. The van der Waals surface area contributed by atoms with Gasteiger partial charge < -0.3 is 4.57 Å². The van der Waals surface area contributed by atoms with Crippen molar-refractivity contribution in [1.82, 2.24) is 20.1 Å². The molecule has 6 heteroatoms. The van der Waals surface area contributed by atoms with E-state index in [-0.39, 0.29) is 5.54 Å². The molecule has 1 aliphatic carbocycles. The number of aromatic nitrogens is 3. The molecular weight excluding hydrogens is 270 g/mol. The normalized spacial score (nSPS) is 26.4. The number of nitrogens with zero attached hydrogens (tertiary/aromatic N) is 4. The largest absolute Gasteiger partial charge is 0.309 e. The summed E-state index contributed by atoms with van der Waals surface area (Å²) in [5.41, 5.74) is -0.348. The van der Waals surface area contributed by atoms with Gasteiger partial charge in [-0.1, -0.05) is 18.7 Å². The third-order valence-corrected chi connectivity index (χ3v) is 5.26. The molecule has 0 saturated heterocycles. The highest BCUT2D eigenvalue weighted by molar-refractivity contribution is 7.99. The second-order valence-corrected chi connectivity index (χ2v) is 6.81. The van der Waals surface area contributed by atoms with Crippen LogP contribution in [0.5, 0.6) is 0 Å². The van der Waals surface area contributed by atoms with Crippen LogP contribution in [0.4, 0.5) is 0 Å². The van der Waals surface area contributed by atoms with Gasteiger partial charge in [0.05, 0.1) is 6.07 Å². The van der Waals surface area contributed by atoms with E-state index in [1.165, 1.54) is 0 Å². The summed E-state index contributed by atoms with van der Waals surface area (Å²) in [5, 5.41) is 22.7. The molecule has 2 rings (SSSR count). The summed E-state index contributed by atoms with van der Waals surface area (Å²) in [6, 6.07) is 2.52. The van der Waals surface area contributed by atoms with Crippen molar-refractivity contribution in [2.24, 2.45) is 7.05 Å². The van der Waals surface area contributed by atoms with Crippen LogP contribution in [0.2, 0.25) is 0 Å². The Balaban J connectivity index is 2.03. The molecule has 1 saturated carbocycles. The molecule has 1 aromatic heterocycles. The molecule has 5 nitrogen and oxygen atoms in total. The molecule has 1 N–H and O–H groups in total. The second kappa shape index (κ2) is 6.59. The number of hydrogen-bond acceptors (Lipinski definition) is 5. The minimum absolute atomic E-state index is 0.348. The molecular formula is C14H23N5S. The molecule has 0 spiro atoms. The zero-order chi connectivity index (χ0) is 14.6. The van der Waals surface area contributed by atoms with E-state index in [9.17, 15) is 5.26 Å². The van der Waals surface area contributed by atoms with Crippen LogP contribution in [-0.2, 0) is 7.05 Å². The van der Waals surface area contributed by atoms with Crippen LogP contribution < -0.4 is 5.32 Å². The van der Waals surface area contributed by atoms with Gasteiger partial charge in [0.15, 0.2) is 5.16 Å². The monoisotopic (exact) mass is 293 g/mol. The molecule has 110 valence electrons. The van der Waals surface area contributed by atoms with Crippen LogP contribution in [0.1, 0.15) is 44.9 Å². The van der Waals surface area contributed by atoms with Gasteiger partial charge in [0.2, 0.25) is 0 Å². The maximum Gasteiger partial charge on any atom is 0.191 e. The smallest absolute Gasteiger partial charge is 0.191 e. The van der Waals surface area contributed by atoms with Crippen molar-refractivity contribution >= 4 is 11.8 Å². The van der Waals surface area contributed by atoms with Crippen molar-refractivity contribution in [2.75, 3.05) is 6.54 Å². The van der Waals surface area contributed by atoms with E-state index in [0.717, 1.165) is 49.6 Å². The third-order valence-electron chi connectivity index (χ3n) is 3.96. The Bertz CT molecular complexity index is 492. The molecule has 1 aliphatic rings. The Morgan fingerprint density at radius 3 is 2.95 bits per heavy atom. The maximum atomic E-state index is 9.56. The molecule has 0 bridgehead atoms. The highest BCUT2D eigenvalue weighted by atomic mass is 32.2. The van der Waals surface area contributed by atoms with Crippen LogP contribution >= 0.6 is 11.8 Å². The first-order chi connectivity index (χ1) is 9.60. The van der Waals surface area contributed by atoms with Crippen LogP contribution in [0.3, 0.4) is 0 Å². The number of nitriles is 1. The predicted octanol–water partition coefficient (Wildman–Crippen LogP) is 2.42. The standard InChI is InChI=1S/C14H23N5S/c1-4-8-16-14(10-15)7-5-6-12(9-14)20-13-18-17-11(2)19(13)3/h12,16H,4-9H2,1-3H3. The Hall–Kier alpha value is -1.06. The Morgan fingerprint density at radius 1 is 1.55 bits per heavy atom. The lowest BCUT2D eigenvalue weighted by molar-refractivity contribution is 0.304. The SMILES string of the molecule is CCCNC1(C#N)CCCC(Sc2nnc(C)n2C)C1. The Kier molecular flexibility index (Phi) is 5.06. The summed E-state index contributed by atoms with van der Waals surface area (Å²) in [6.07, 6.45) is 5.15. The van der Waals surface area contributed by atoms with Crippen molar-refractivity contribution in [2.45, 2.75) is 61.9 Å². The van der Waals surface area contributed by atoms with E-state index in [0.29, 0.717) is 5.25 Å². The number of hydrogen-bond donors (Lipinski definition) is 1. The van der Waals surface area contributed by atoms with E-state index in [2.05, 4.69) is 28.5 Å². The fourth-order valence-corrected chi connectivity index (χ4v) is 3.96. The number of aryl methyl sites for hydroxylation is 1. The highest BCUT2D eigenvalue weighted by Crippen LogP contribution is 2.37. The van der Waals surface area contributed by atoms with Crippen molar-refractivity contribution in [3.05, 3.63) is 5.82 Å². The van der Waals surface area contributed by atoms with Gasteiger partial charge in [-0.2, -0.15) is 5.26 Å². The Morgan fingerprint density at radius 2 is 2.35 bits per heavy atom. The fraction of sp³-hybridized carbons (Fsp3) is 0.786. The average molecular weight is 293 g/mol. The first-order valence-corrected chi connectivity index (χ1v) is 8.17. The predicted molar refractivity (Wildman–Crippen MR) is 80.5 cm³/mol. The third kappa shape index (κ3) is 3.33. The van der Waals surface area contributed by atoms with Gasteiger partial charge in [-0.05, 0) is 45.6 Å². The minimum Gasteiger partial charge on any atom is -0.309 e. The Labute approximate surface area is 125 Å². The number of thioether (sulfide) groups is 1. The molecule has 1 aromatic rings. The van der Waals surface area contributed by atoms with Gasteiger partial charge in [0.1, 0.15) is 11.4 Å². The summed E-state index contributed by atoms with van der Waals surface area (Å²) in [7, 11) is 1.99. The van der Waals surface area contributed by atoms with Crippen LogP contribution in [0.15, 0.2) is 5.16 Å². The molecule has 0 aromatic carbocycles. The molecule has 1 fully saturated rings. The van der Waals surface area contributed by atoms with Gasteiger partial charge in [-0.15, -0.1) is 10.2 Å². The quantitative estimate of drug-likeness (QED) is 0.903. The van der Waals surface area contributed by atoms with Crippen molar-refractivity contribution in [3.8, 4) is 6.07 Å². The first kappa shape index (κ1) is 15.3. The van der Waals surface area contributed by atoms with Gasteiger partial charge in [-0.25, -0.2) is 0 Å². The van der Waals surface area contributed by atoms with E-state index < -0.39 is 0 Å². The molecule has 20 heavy (non-hydrogen) atoms. The average Bonchev–Trinajstić information content (AvgIpc) is 2.77. The molecule has 1 heterocycles. The van der Waals surface area contributed by atoms with E-state index in [4.69, 9.17) is 0 Å². The molecule has 0 aliphatic heterocycles. The lowest BCUT2D eigenvalue weighted by Gasteiger charge is -2.36. The van der Waals surface area contributed by atoms with E-state index >= 15 is 0 Å².